The molecule has 0 unspecified atom stereocenters. The van der Waals surface area contributed by atoms with Crippen LogP contribution in [0.3, 0.4) is 0 Å². The quantitative estimate of drug-likeness (QED) is 0.368. The van der Waals surface area contributed by atoms with Gasteiger partial charge in [0.05, 0.1) is 9.40 Å². The second kappa shape index (κ2) is 8.04. The fourth-order valence-corrected chi connectivity index (χ4v) is 2.34. The molecule has 0 aliphatic rings. The highest BCUT2D eigenvalue weighted by atomic mass is 79.9. The van der Waals surface area contributed by atoms with E-state index in [1.165, 1.54) is 18.2 Å². The van der Waals surface area contributed by atoms with Gasteiger partial charge in [-0.3, -0.25) is 14.9 Å². The van der Waals surface area contributed by atoms with Crippen molar-refractivity contribution >= 4 is 33.6 Å². The second-order valence-corrected chi connectivity index (χ2v) is 5.66. The molecular weight excluding hydrogens is 374 g/mol. The minimum Gasteiger partial charge on any atom is -0.347 e. The minimum atomic E-state index is -0.539. The number of benzene rings is 2. The first-order valence-electron chi connectivity index (χ1n) is 6.89. The zero-order valence-electron chi connectivity index (χ0n) is 12.4. The highest BCUT2D eigenvalue weighted by Gasteiger charge is 2.13. The van der Waals surface area contributed by atoms with Gasteiger partial charge in [-0.05, 0) is 39.2 Å². The molecule has 0 aliphatic heterocycles. The van der Waals surface area contributed by atoms with E-state index in [4.69, 9.17) is 5.26 Å². The Morgan fingerprint density at radius 3 is 2.62 bits per heavy atom. The summed E-state index contributed by atoms with van der Waals surface area (Å²) in [6.45, 7) is 0.291. The first-order valence-corrected chi connectivity index (χ1v) is 7.68. The number of carbonyl (C=O) groups excluding carboxylic acids is 1. The predicted molar refractivity (Wildman–Crippen MR) is 92.7 cm³/mol. The van der Waals surface area contributed by atoms with Gasteiger partial charge in [0, 0.05) is 12.6 Å². The van der Waals surface area contributed by atoms with Crippen LogP contribution in [0.5, 0.6) is 0 Å². The highest BCUT2D eigenvalue weighted by Crippen LogP contribution is 2.26. The third kappa shape index (κ3) is 4.51. The molecule has 7 heteroatoms. The number of nitro groups is 1. The second-order valence-electron chi connectivity index (χ2n) is 4.81. The van der Waals surface area contributed by atoms with Gasteiger partial charge in [-0.25, -0.2) is 0 Å². The van der Waals surface area contributed by atoms with Gasteiger partial charge in [0.15, 0.2) is 0 Å². The largest absolute Gasteiger partial charge is 0.347 e. The Labute approximate surface area is 146 Å². The van der Waals surface area contributed by atoms with Crippen LogP contribution in [0.25, 0.3) is 6.08 Å². The molecule has 1 amide bonds. The SMILES string of the molecule is N#C/C(=C\c1ccc(Br)c([N+](=O)[O-])c1)C(=O)NCc1ccccc1. The number of halogens is 1. The van der Waals surface area contributed by atoms with Crippen LogP contribution in [-0.4, -0.2) is 10.8 Å². The minimum absolute atomic E-state index is 0.123. The zero-order valence-corrected chi connectivity index (χ0v) is 14.0. The number of carbonyl (C=O) groups is 1. The van der Waals surface area contributed by atoms with E-state index in [1.807, 2.05) is 36.4 Å². The number of hydrogen-bond donors (Lipinski definition) is 1. The Hall–Kier alpha value is -2.98. The van der Waals surface area contributed by atoms with Crippen molar-refractivity contribution < 1.29 is 9.72 Å². The highest BCUT2D eigenvalue weighted by molar-refractivity contribution is 9.10. The Kier molecular flexibility index (Phi) is 5.82. The molecule has 0 atom stereocenters. The van der Waals surface area contributed by atoms with Crippen molar-refractivity contribution in [3.05, 3.63) is 79.8 Å². The van der Waals surface area contributed by atoms with E-state index in [1.54, 1.807) is 6.07 Å². The third-order valence-corrected chi connectivity index (χ3v) is 3.81. The summed E-state index contributed by atoms with van der Waals surface area (Å²) in [5.41, 5.74) is 1.05. The van der Waals surface area contributed by atoms with Gasteiger partial charge >= 0.3 is 0 Å². The average Bonchev–Trinajstić information content (AvgIpc) is 2.59. The molecule has 0 saturated heterocycles. The summed E-state index contributed by atoms with van der Waals surface area (Å²) < 4.78 is 0.330. The summed E-state index contributed by atoms with van der Waals surface area (Å²) >= 11 is 3.09. The number of nitrogens with one attached hydrogen (secondary N) is 1. The van der Waals surface area contributed by atoms with Crippen LogP contribution in [-0.2, 0) is 11.3 Å². The van der Waals surface area contributed by atoms with Gasteiger partial charge in [0.25, 0.3) is 11.6 Å². The van der Waals surface area contributed by atoms with Crippen molar-refractivity contribution in [2.75, 3.05) is 0 Å². The molecule has 0 spiro atoms. The number of nitrogens with zero attached hydrogens (tertiary/aromatic N) is 2. The summed E-state index contributed by atoms with van der Waals surface area (Å²) in [4.78, 5) is 22.5. The first-order chi connectivity index (χ1) is 11.5. The molecule has 24 heavy (non-hydrogen) atoms. The van der Waals surface area contributed by atoms with Crippen LogP contribution in [0.2, 0.25) is 0 Å². The molecule has 0 radical (unpaired) electrons. The topological polar surface area (TPSA) is 96.0 Å². The molecule has 0 fully saturated rings. The van der Waals surface area contributed by atoms with Crippen molar-refractivity contribution in [3.63, 3.8) is 0 Å². The molecule has 0 heterocycles. The lowest BCUT2D eigenvalue weighted by atomic mass is 10.1. The Morgan fingerprint density at radius 2 is 2.00 bits per heavy atom. The molecule has 2 rings (SSSR count). The standard InChI is InChI=1S/C17H12BrN3O3/c18-15-7-6-13(9-16(15)21(23)24)8-14(10-19)17(22)20-11-12-4-2-1-3-5-12/h1-9H,11H2,(H,20,22)/b14-8+. The molecule has 0 bridgehead atoms. The lowest BCUT2D eigenvalue weighted by molar-refractivity contribution is -0.385. The van der Waals surface area contributed by atoms with Crippen LogP contribution >= 0.6 is 15.9 Å². The Morgan fingerprint density at radius 1 is 1.29 bits per heavy atom. The molecule has 120 valence electrons. The molecule has 6 nitrogen and oxygen atoms in total. The van der Waals surface area contributed by atoms with Crippen LogP contribution in [0.1, 0.15) is 11.1 Å². The van der Waals surface area contributed by atoms with Gasteiger partial charge < -0.3 is 5.32 Å². The van der Waals surface area contributed by atoms with Crippen molar-refractivity contribution in [1.29, 1.82) is 5.26 Å². The van der Waals surface area contributed by atoms with E-state index in [0.29, 0.717) is 16.6 Å². The smallest absolute Gasteiger partial charge is 0.284 e. The van der Waals surface area contributed by atoms with Gasteiger partial charge in [-0.15, -0.1) is 0 Å². The number of nitro benzene ring substituents is 1. The van der Waals surface area contributed by atoms with Crippen LogP contribution < -0.4 is 5.32 Å². The fraction of sp³-hybridized carbons (Fsp3) is 0.0588. The third-order valence-electron chi connectivity index (χ3n) is 3.14. The summed E-state index contributed by atoms with van der Waals surface area (Å²) in [6.07, 6.45) is 1.32. The number of amides is 1. The average molecular weight is 386 g/mol. The molecular formula is C17H12BrN3O3. The molecule has 0 aromatic heterocycles. The normalized spacial score (nSPS) is 10.8. The number of nitriles is 1. The Bertz CT molecular complexity index is 842. The first kappa shape index (κ1) is 17.4. The molecule has 0 saturated carbocycles. The maximum atomic E-state index is 12.1. The number of hydrogen-bond acceptors (Lipinski definition) is 4. The lowest BCUT2D eigenvalue weighted by Gasteiger charge is -2.04. The van der Waals surface area contributed by atoms with Crippen molar-refractivity contribution in [1.82, 2.24) is 5.32 Å². The molecule has 2 aromatic rings. The summed E-state index contributed by atoms with van der Waals surface area (Å²) in [7, 11) is 0. The van der Waals surface area contributed by atoms with Crippen LogP contribution in [0.15, 0.2) is 58.6 Å². The summed E-state index contributed by atoms with van der Waals surface area (Å²) in [5.74, 6) is -0.535. The lowest BCUT2D eigenvalue weighted by Crippen LogP contribution is -2.23. The molecule has 2 aromatic carbocycles. The van der Waals surface area contributed by atoms with Crippen molar-refractivity contribution in [2.45, 2.75) is 6.54 Å². The van der Waals surface area contributed by atoms with E-state index < -0.39 is 10.8 Å². The predicted octanol–water partition coefficient (Wildman–Crippen LogP) is 3.58. The Balaban J connectivity index is 2.17. The van der Waals surface area contributed by atoms with E-state index in [9.17, 15) is 14.9 Å². The van der Waals surface area contributed by atoms with E-state index in [0.717, 1.165) is 5.56 Å². The van der Waals surface area contributed by atoms with Crippen molar-refractivity contribution in [2.24, 2.45) is 0 Å². The molecule has 0 aliphatic carbocycles. The van der Waals surface area contributed by atoms with Crippen LogP contribution in [0, 0.1) is 21.4 Å². The van der Waals surface area contributed by atoms with E-state index in [-0.39, 0.29) is 11.3 Å². The maximum Gasteiger partial charge on any atom is 0.284 e. The molecule has 1 N–H and O–H groups in total. The zero-order chi connectivity index (χ0) is 17.5. The summed E-state index contributed by atoms with van der Waals surface area (Å²) in [6, 6.07) is 15.5. The monoisotopic (exact) mass is 385 g/mol. The maximum absolute atomic E-state index is 12.1. The van der Waals surface area contributed by atoms with Crippen LogP contribution in [0.4, 0.5) is 5.69 Å². The van der Waals surface area contributed by atoms with Crippen molar-refractivity contribution in [3.8, 4) is 6.07 Å². The fourth-order valence-electron chi connectivity index (χ4n) is 1.95. The van der Waals surface area contributed by atoms with E-state index in [2.05, 4.69) is 21.2 Å². The van der Waals surface area contributed by atoms with E-state index >= 15 is 0 Å². The van der Waals surface area contributed by atoms with Gasteiger partial charge in [-0.2, -0.15) is 5.26 Å². The summed E-state index contributed by atoms with van der Waals surface area (Å²) in [5, 5.41) is 22.7. The number of rotatable bonds is 5. The van der Waals surface area contributed by atoms with Gasteiger partial charge in [0.1, 0.15) is 11.6 Å². The van der Waals surface area contributed by atoms with Gasteiger partial charge in [0.2, 0.25) is 0 Å². The van der Waals surface area contributed by atoms with Gasteiger partial charge in [-0.1, -0.05) is 36.4 Å².